The molecule has 0 saturated carbocycles. The molecule has 0 aliphatic heterocycles. The Balaban J connectivity index is 1.09. The summed E-state index contributed by atoms with van der Waals surface area (Å²) in [6.45, 7) is 14.1. The molecular formula is C57H47N. The van der Waals surface area contributed by atoms with Crippen LogP contribution in [0.15, 0.2) is 176 Å². The van der Waals surface area contributed by atoms with E-state index >= 15 is 0 Å². The molecule has 1 heteroatoms. The zero-order valence-electron chi connectivity index (χ0n) is 34.2. The average molecular weight is 746 g/mol. The van der Waals surface area contributed by atoms with Gasteiger partial charge in [0.15, 0.2) is 0 Å². The minimum Gasteiger partial charge on any atom is -0.310 e. The van der Waals surface area contributed by atoms with Crippen LogP contribution in [0.25, 0.3) is 55.6 Å². The first kappa shape index (κ1) is 34.8. The first-order chi connectivity index (χ1) is 28.0. The summed E-state index contributed by atoms with van der Waals surface area (Å²) < 4.78 is 0. The van der Waals surface area contributed by atoms with E-state index in [1.165, 1.54) is 94.7 Å². The van der Waals surface area contributed by atoms with Crippen LogP contribution in [-0.2, 0) is 16.2 Å². The monoisotopic (exact) mass is 745 g/mol. The largest absolute Gasteiger partial charge is 0.310 e. The van der Waals surface area contributed by atoms with Crippen molar-refractivity contribution in [3.05, 3.63) is 209 Å². The normalized spacial score (nSPS) is 15.5. The molecule has 0 unspecified atom stereocenters. The molecule has 1 nitrogen and oxygen atoms in total. The van der Waals surface area contributed by atoms with Crippen LogP contribution in [0, 0.1) is 0 Å². The summed E-state index contributed by atoms with van der Waals surface area (Å²) in [5, 5.41) is 0. The summed E-state index contributed by atoms with van der Waals surface area (Å²) in [4.78, 5) is 2.50. The highest BCUT2D eigenvalue weighted by atomic mass is 15.1. The van der Waals surface area contributed by atoms with Gasteiger partial charge in [-0.05, 0) is 126 Å². The van der Waals surface area contributed by atoms with E-state index in [2.05, 4.69) is 222 Å². The molecule has 0 atom stereocenters. The van der Waals surface area contributed by atoms with E-state index in [0.29, 0.717) is 0 Å². The zero-order valence-corrected chi connectivity index (χ0v) is 34.2. The summed E-state index contributed by atoms with van der Waals surface area (Å²) in [5.41, 5.74) is 24.5. The molecule has 11 rings (SSSR count). The lowest BCUT2D eigenvalue weighted by Crippen LogP contribution is -2.16. The zero-order chi connectivity index (χ0) is 39.6. The number of hydrogen-bond donors (Lipinski definition) is 0. The van der Waals surface area contributed by atoms with E-state index < -0.39 is 0 Å². The molecule has 0 N–H and O–H groups in total. The van der Waals surface area contributed by atoms with Crippen molar-refractivity contribution in [1.82, 2.24) is 0 Å². The maximum atomic E-state index is 2.50. The molecule has 280 valence electrons. The Hall–Kier alpha value is -6.44. The summed E-state index contributed by atoms with van der Waals surface area (Å²) in [7, 11) is 0. The minimum atomic E-state index is -0.111. The Bertz CT molecular complexity index is 2840. The number of rotatable bonds is 5. The van der Waals surface area contributed by atoms with Crippen molar-refractivity contribution in [2.45, 2.75) is 57.8 Å². The Kier molecular flexibility index (Phi) is 7.36. The van der Waals surface area contributed by atoms with Gasteiger partial charge in [-0.1, -0.05) is 175 Å². The predicted octanol–water partition coefficient (Wildman–Crippen LogP) is 15.4. The number of hydrogen-bond acceptors (Lipinski definition) is 1. The fraction of sp³-hybridized carbons (Fsp3) is 0.158. The number of benzene rings is 8. The third-order valence-corrected chi connectivity index (χ3v) is 13.9. The van der Waals surface area contributed by atoms with Crippen LogP contribution in [0.1, 0.15) is 74.9 Å². The summed E-state index contributed by atoms with van der Waals surface area (Å²) >= 11 is 0. The summed E-state index contributed by atoms with van der Waals surface area (Å²) in [6, 6.07) is 66.3. The van der Waals surface area contributed by atoms with E-state index in [9.17, 15) is 0 Å². The first-order valence-electron chi connectivity index (χ1n) is 20.8. The SMILES string of the molecule is CC1(C)c2ccccc2-c2cc(-c3cccc(N(c4cccc(-c5ccc6c(c5)-c5ccccc5C6(C)C)c4)c4cccc5c4-c4ccccc4C5(C)C)c3)ccc21. The van der Waals surface area contributed by atoms with Crippen LogP contribution in [0.3, 0.4) is 0 Å². The predicted molar refractivity (Wildman–Crippen MR) is 245 cm³/mol. The first-order valence-corrected chi connectivity index (χ1v) is 20.8. The van der Waals surface area contributed by atoms with Crippen molar-refractivity contribution in [2.24, 2.45) is 0 Å². The van der Waals surface area contributed by atoms with Gasteiger partial charge in [0, 0.05) is 33.2 Å². The van der Waals surface area contributed by atoms with Gasteiger partial charge < -0.3 is 4.90 Å². The van der Waals surface area contributed by atoms with Crippen LogP contribution in [0.4, 0.5) is 17.1 Å². The van der Waals surface area contributed by atoms with Gasteiger partial charge >= 0.3 is 0 Å². The average Bonchev–Trinajstić information content (AvgIpc) is 3.74. The molecule has 8 aromatic carbocycles. The highest BCUT2D eigenvalue weighted by Crippen LogP contribution is 2.55. The van der Waals surface area contributed by atoms with Crippen LogP contribution < -0.4 is 4.90 Å². The van der Waals surface area contributed by atoms with Crippen molar-refractivity contribution in [1.29, 1.82) is 0 Å². The molecule has 3 aliphatic carbocycles. The lowest BCUT2D eigenvalue weighted by molar-refractivity contribution is 0.660. The minimum absolute atomic E-state index is 0.0235. The Morgan fingerprint density at radius 2 is 0.672 bits per heavy atom. The van der Waals surface area contributed by atoms with Crippen molar-refractivity contribution < 1.29 is 0 Å². The standard InChI is InChI=1S/C57H47N/c1-55(2)47-23-10-7-20-42(47)45-34-38(28-30-50(45)55)36-16-13-18-40(32-36)58(53-27-15-26-52-54(53)44-22-9-12-25-49(44)57(52,5)6)41-19-14-17-37(33-41)39-29-31-51-46(35-39)43-21-8-11-24-48(43)56(51,3)4/h7-35H,1-6H3. The molecule has 58 heavy (non-hydrogen) atoms. The van der Waals surface area contributed by atoms with Gasteiger partial charge in [-0.15, -0.1) is 0 Å². The molecule has 0 radical (unpaired) electrons. The quantitative estimate of drug-likeness (QED) is 0.170. The molecule has 0 spiro atoms. The van der Waals surface area contributed by atoms with E-state index in [4.69, 9.17) is 0 Å². The topological polar surface area (TPSA) is 3.24 Å². The molecule has 0 heterocycles. The van der Waals surface area contributed by atoms with Crippen molar-refractivity contribution >= 4 is 17.1 Å². The van der Waals surface area contributed by atoms with Gasteiger partial charge in [-0.2, -0.15) is 0 Å². The smallest absolute Gasteiger partial charge is 0.0543 e. The molecule has 0 fully saturated rings. The second-order valence-corrected chi connectivity index (χ2v) is 18.2. The van der Waals surface area contributed by atoms with E-state index in [1.807, 2.05) is 0 Å². The van der Waals surface area contributed by atoms with Gasteiger partial charge in [-0.3, -0.25) is 0 Å². The molecule has 0 saturated heterocycles. The third kappa shape index (κ3) is 4.89. The van der Waals surface area contributed by atoms with Gasteiger partial charge in [0.25, 0.3) is 0 Å². The fourth-order valence-electron chi connectivity index (χ4n) is 10.8. The van der Waals surface area contributed by atoms with Crippen molar-refractivity contribution in [2.75, 3.05) is 4.90 Å². The molecular weight excluding hydrogens is 699 g/mol. The highest BCUT2D eigenvalue weighted by molar-refractivity contribution is 5.96. The van der Waals surface area contributed by atoms with E-state index in [-0.39, 0.29) is 16.2 Å². The van der Waals surface area contributed by atoms with Crippen LogP contribution in [-0.4, -0.2) is 0 Å². The maximum absolute atomic E-state index is 2.50. The highest BCUT2D eigenvalue weighted by Gasteiger charge is 2.39. The van der Waals surface area contributed by atoms with E-state index in [1.54, 1.807) is 0 Å². The van der Waals surface area contributed by atoms with Gasteiger partial charge in [0.2, 0.25) is 0 Å². The molecule has 3 aliphatic rings. The molecule has 0 amide bonds. The van der Waals surface area contributed by atoms with Crippen molar-refractivity contribution in [3.63, 3.8) is 0 Å². The van der Waals surface area contributed by atoms with Crippen LogP contribution >= 0.6 is 0 Å². The number of nitrogens with zero attached hydrogens (tertiary/aromatic N) is 1. The van der Waals surface area contributed by atoms with Crippen LogP contribution in [0.5, 0.6) is 0 Å². The maximum Gasteiger partial charge on any atom is 0.0543 e. The molecule has 8 aromatic rings. The lowest BCUT2D eigenvalue weighted by Gasteiger charge is -2.29. The van der Waals surface area contributed by atoms with Gasteiger partial charge in [0.1, 0.15) is 0 Å². The van der Waals surface area contributed by atoms with E-state index in [0.717, 1.165) is 11.4 Å². The Morgan fingerprint density at radius 1 is 0.293 bits per heavy atom. The second-order valence-electron chi connectivity index (χ2n) is 18.2. The Morgan fingerprint density at radius 3 is 1.19 bits per heavy atom. The van der Waals surface area contributed by atoms with Crippen LogP contribution in [0.2, 0.25) is 0 Å². The second kappa shape index (κ2) is 12.3. The molecule has 0 bridgehead atoms. The van der Waals surface area contributed by atoms with Crippen molar-refractivity contribution in [3.8, 4) is 55.6 Å². The molecule has 0 aromatic heterocycles. The lowest BCUT2D eigenvalue weighted by atomic mass is 9.82. The summed E-state index contributed by atoms with van der Waals surface area (Å²) in [5.74, 6) is 0. The Labute approximate surface area is 343 Å². The van der Waals surface area contributed by atoms with Gasteiger partial charge in [-0.25, -0.2) is 0 Å². The third-order valence-electron chi connectivity index (χ3n) is 13.9. The van der Waals surface area contributed by atoms with Gasteiger partial charge in [0.05, 0.1) is 5.69 Å². The summed E-state index contributed by atoms with van der Waals surface area (Å²) in [6.07, 6.45) is 0. The number of anilines is 3. The number of fused-ring (bicyclic) bond motifs is 9. The fourth-order valence-corrected chi connectivity index (χ4v) is 10.8.